The molecule has 2 heterocycles. The van der Waals surface area contributed by atoms with Gasteiger partial charge in [-0.3, -0.25) is 0 Å². The Kier molecular flexibility index (Phi) is 3.52. The van der Waals surface area contributed by atoms with Crippen molar-refractivity contribution in [3.05, 3.63) is 46.5 Å². The average molecular weight is 285 g/mol. The van der Waals surface area contributed by atoms with E-state index in [1.165, 1.54) is 0 Å². The first-order valence-corrected chi connectivity index (χ1v) is 7.33. The summed E-state index contributed by atoms with van der Waals surface area (Å²) < 4.78 is 0. The topological polar surface area (TPSA) is 58.0 Å². The van der Waals surface area contributed by atoms with Crippen LogP contribution in [0.1, 0.15) is 10.7 Å². The fourth-order valence-corrected chi connectivity index (χ4v) is 2.78. The molecule has 0 fully saturated rings. The van der Waals surface area contributed by atoms with E-state index in [0.29, 0.717) is 0 Å². The van der Waals surface area contributed by atoms with Crippen LogP contribution in [0.15, 0.2) is 35.8 Å². The van der Waals surface area contributed by atoms with E-state index >= 15 is 0 Å². The van der Waals surface area contributed by atoms with Crippen molar-refractivity contribution < 1.29 is 5.11 Å². The minimum atomic E-state index is 0.253. The Morgan fingerprint density at radius 1 is 1.30 bits per heavy atom. The summed E-state index contributed by atoms with van der Waals surface area (Å²) in [6.45, 7) is 2.78. The lowest BCUT2D eigenvalue weighted by Gasteiger charge is -2.08. The highest BCUT2D eigenvalue weighted by Gasteiger charge is 2.04. The van der Waals surface area contributed by atoms with Crippen molar-refractivity contribution >= 4 is 27.9 Å². The van der Waals surface area contributed by atoms with E-state index in [-0.39, 0.29) is 5.75 Å². The molecule has 5 heteroatoms. The third kappa shape index (κ3) is 2.72. The molecule has 2 N–H and O–H groups in total. The van der Waals surface area contributed by atoms with Crippen LogP contribution < -0.4 is 5.32 Å². The number of thiazole rings is 1. The van der Waals surface area contributed by atoms with Crippen LogP contribution in [0.25, 0.3) is 10.8 Å². The maximum absolute atomic E-state index is 9.60. The second-order valence-electron chi connectivity index (χ2n) is 4.60. The van der Waals surface area contributed by atoms with Crippen LogP contribution in [0.3, 0.4) is 0 Å². The van der Waals surface area contributed by atoms with Gasteiger partial charge in [-0.25, -0.2) is 9.97 Å². The van der Waals surface area contributed by atoms with Crippen LogP contribution in [-0.2, 0) is 6.42 Å². The molecule has 102 valence electrons. The van der Waals surface area contributed by atoms with E-state index < -0.39 is 0 Å². The number of aryl methyl sites for hydroxylation is 1. The minimum Gasteiger partial charge on any atom is -0.508 e. The summed E-state index contributed by atoms with van der Waals surface area (Å²) in [6.07, 6.45) is 2.63. The molecule has 0 atom stereocenters. The molecule has 0 aliphatic rings. The lowest BCUT2D eigenvalue weighted by atomic mass is 10.1. The standard InChI is InChI=1S/C15H15N3OS/c1-10-18-12(9-20-10)5-7-17-15-14-8-13(19)3-2-11(14)4-6-16-15/h2-4,6,8-9,19H,5,7H2,1H3,(H,16,17). The fourth-order valence-electron chi connectivity index (χ4n) is 2.13. The molecule has 0 saturated carbocycles. The van der Waals surface area contributed by atoms with Gasteiger partial charge in [0.1, 0.15) is 11.6 Å². The van der Waals surface area contributed by atoms with Crippen molar-refractivity contribution in [3.8, 4) is 5.75 Å². The van der Waals surface area contributed by atoms with E-state index in [1.54, 1.807) is 29.7 Å². The molecule has 3 rings (SSSR count). The van der Waals surface area contributed by atoms with Crippen LogP contribution in [0.5, 0.6) is 5.75 Å². The minimum absolute atomic E-state index is 0.253. The van der Waals surface area contributed by atoms with Crippen LogP contribution >= 0.6 is 11.3 Å². The largest absolute Gasteiger partial charge is 0.508 e. The van der Waals surface area contributed by atoms with Gasteiger partial charge in [-0.1, -0.05) is 6.07 Å². The number of phenolic OH excluding ortho intramolecular Hbond substituents is 1. The lowest BCUT2D eigenvalue weighted by Crippen LogP contribution is -2.06. The van der Waals surface area contributed by atoms with Gasteiger partial charge in [-0.05, 0) is 30.5 Å². The highest BCUT2D eigenvalue weighted by molar-refractivity contribution is 7.09. The maximum atomic E-state index is 9.60. The predicted octanol–water partition coefficient (Wildman–Crippen LogP) is 3.36. The quantitative estimate of drug-likeness (QED) is 0.771. The molecule has 0 radical (unpaired) electrons. The van der Waals surface area contributed by atoms with Crippen molar-refractivity contribution in [1.29, 1.82) is 0 Å². The van der Waals surface area contributed by atoms with Crippen molar-refractivity contribution in [3.63, 3.8) is 0 Å². The molecular formula is C15H15N3OS. The second-order valence-corrected chi connectivity index (χ2v) is 5.66. The highest BCUT2D eigenvalue weighted by atomic mass is 32.1. The molecule has 0 spiro atoms. The monoisotopic (exact) mass is 285 g/mol. The zero-order valence-corrected chi connectivity index (χ0v) is 11.9. The van der Waals surface area contributed by atoms with Crippen molar-refractivity contribution in [2.45, 2.75) is 13.3 Å². The highest BCUT2D eigenvalue weighted by Crippen LogP contribution is 2.25. The van der Waals surface area contributed by atoms with E-state index in [0.717, 1.165) is 40.3 Å². The van der Waals surface area contributed by atoms with E-state index in [1.807, 2.05) is 19.1 Å². The van der Waals surface area contributed by atoms with Gasteiger partial charge in [-0.2, -0.15) is 0 Å². The number of hydrogen-bond acceptors (Lipinski definition) is 5. The third-order valence-corrected chi connectivity index (χ3v) is 3.91. The molecule has 0 aliphatic carbocycles. The third-order valence-electron chi connectivity index (χ3n) is 3.09. The fraction of sp³-hybridized carbons (Fsp3) is 0.200. The summed E-state index contributed by atoms with van der Waals surface area (Å²) in [5, 5.41) is 18.1. The number of nitrogens with one attached hydrogen (secondary N) is 1. The van der Waals surface area contributed by atoms with Crippen LogP contribution in [0.4, 0.5) is 5.82 Å². The number of fused-ring (bicyclic) bond motifs is 1. The van der Waals surface area contributed by atoms with Crippen LogP contribution in [0, 0.1) is 6.92 Å². The van der Waals surface area contributed by atoms with Crippen LogP contribution in [0.2, 0.25) is 0 Å². The zero-order valence-electron chi connectivity index (χ0n) is 11.1. The van der Waals surface area contributed by atoms with E-state index in [9.17, 15) is 5.11 Å². The van der Waals surface area contributed by atoms with E-state index in [2.05, 4.69) is 20.7 Å². The number of phenols is 1. The van der Waals surface area contributed by atoms with Gasteiger partial charge in [0.2, 0.25) is 0 Å². The van der Waals surface area contributed by atoms with Gasteiger partial charge >= 0.3 is 0 Å². The van der Waals surface area contributed by atoms with Gasteiger partial charge in [0.05, 0.1) is 10.7 Å². The Morgan fingerprint density at radius 2 is 2.20 bits per heavy atom. The number of benzene rings is 1. The van der Waals surface area contributed by atoms with Gasteiger partial charge in [0, 0.05) is 29.9 Å². The summed E-state index contributed by atoms with van der Waals surface area (Å²) >= 11 is 1.67. The molecule has 3 aromatic rings. The first-order valence-electron chi connectivity index (χ1n) is 6.45. The zero-order chi connectivity index (χ0) is 13.9. The molecule has 0 aliphatic heterocycles. The Bertz CT molecular complexity index is 739. The second kappa shape index (κ2) is 5.46. The summed E-state index contributed by atoms with van der Waals surface area (Å²) in [5.74, 6) is 1.05. The maximum Gasteiger partial charge on any atom is 0.133 e. The number of rotatable bonds is 4. The van der Waals surface area contributed by atoms with Gasteiger partial charge in [0.25, 0.3) is 0 Å². The number of anilines is 1. The summed E-state index contributed by atoms with van der Waals surface area (Å²) in [4.78, 5) is 8.78. The number of pyridine rings is 1. The molecule has 2 aromatic heterocycles. The van der Waals surface area contributed by atoms with E-state index in [4.69, 9.17) is 0 Å². The molecule has 20 heavy (non-hydrogen) atoms. The van der Waals surface area contributed by atoms with Gasteiger partial charge in [0.15, 0.2) is 0 Å². The summed E-state index contributed by atoms with van der Waals surface area (Å²) in [5.41, 5.74) is 1.10. The normalized spacial score (nSPS) is 10.8. The SMILES string of the molecule is Cc1nc(CCNc2nccc3ccc(O)cc23)cs1. The number of aromatic hydroxyl groups is 1. The Labute approximate surface area is 121 Å². The first kappa shape index (κ1) is 12.9. The lowest BCUT2D eigenvalue weighted by molar-refractivity contribution is 0.476. The smallest absolute Gasteiger partial charge is 0.133 e. The molecule has 0 amide bonds. The van der Waals surface area contributed by atoms with Crippen molar-refractivity contribution in [2.75, 3.05) is 11.9 Å². The average Bonchev–Trinajstić information content (AvgIpc) is 2.85. The molecule has 1 aromatic carbocycles. The molecule has 0 bridgehead atoms. The Balaban J connectivity index is 1.75. The van der Waals surface area contributed by atoms with Crippen LogP contribution in [-0.4, -0.2) is 21.6 Å². The van der Waals surface area contributed by atoms with Crippen molar-refractivity contribution in [2.24, 2.45) is 0 Å². The number of aromatic nitrogens is 2. The van der Waals surface area contributed by atoms with Gasteiger partial charge in [-0.15, -0.1) is 11.3 Å². The summed E-state index contributed by atoms with van der Waals surface area (Å²) in [6, 6.07) is 7.24. The molecule has 0 saturated heterocycles. The summed E-state index contributed by atoms with van der Waals surface area (Å²) in [7, 11) is 0. The molecule has 0 unspecified atom stereocenters. The molecule has 4 nitrogen and oxygen atoms in total. The predicted molar refractivity (Wildman–Crippen MR) is 82.5 cm³/mol. The molecular weight excluding hydrogens is 270 g/mol. The Hall–Kier alpha value is -2.14. The van der Waals surface area contributed by atoms with Gasteiger partial charge < -0.3 is 10.4 Å². The number of nitrogens with zero attached hydrogens (tertiary/aromatic N) is 2. The number of hydrogen-bond donors (Lipinski definition) is 2. The Morgan fingerprint density at radius 3 is 3.00 bits per heavy atom. The first-order chi connectivity index (χ1) is 9.72. The van der Waals surface area contributed by atoms with Crippen molar-refractivity contribution in [1.82, 2.24) is 9.97 Å².